The Morgan fingerprint density at radius 2 is 1.92 bits per heavy atom. The van der Waals surface area contributed by atoms with Crippen molar-refractivity contribution >= 4 is 5.69 Å². The topological polar surface area (TPSA) is 15.7 Å². The molecule has 1 atom stereocenters. The van der Waals surface area contributed by atoms with E-state index in [9.17, 15) is 4.39 Å². The lowest BCUT2D eigenvalue weighted by atomic mass is 9.73. The number of benzene rings is 1. The van der Waals surface area contributed by atoms with E-state index in [2.05, 4.69) is 9.80 Å². The Labute approximate surface area is 151 Å². The molecule has 0 aromatic heterocycles. The van der Waals surface area contributed by atoms with Gasteiger partial charge >= 0.3 is 0 Å². The zero-order chi connectivity index (χ0) is 17.3. The maximum Gasteiger partial charge on any atom is 0.125 e. The van der Waals surface area contributed by atoms with E-state index in [1.807, 2.05) is 19.2 Å². The van der Waals surface area contributed by atoms with Gasteiger partial charge in [0.2, 0.25) is 0 Å². The van der Waals surface area contributed by atoms with E-state index in [4.69, 9.17) is 4.74 Å². The molecule has 3 nitrogen and oxygen atoms in total. The Morgan fingerprint density at radius 1 is 1.16 bits per heavy atom. The quantitative estimate of drug-likeness (QED) is 0.817. The highest BCUT2D eigenvalue weighted by molar-refractivity contribution is 5.54. The summed E-state index contributed by atoms with van der Waals surface area (Å²) in [6.45, 7) is 4.43. The molecule has 0 bridgehead atoms. The molecule has 1 aromatic carbocycles. The minimum atomic E-state index is -0.150. The van der Waals surface area contributed by atoms with Gasteiger partial charge in [-0.05, 0) is 49.8 Å². The molecule has 2 heterocycles. The molecular formula is C21H31FN2O. The van der Waals surface area contributed by atoms with Crippen LogP contribution in [0.4, 0.5) is 10.1 Å². The Bertz CT molecular complexity index is 579. The van der Waals surface area contributed by atoms with E-state index in [1.54, 1.807) is 6.07 Å². The van der Waals surface area contributed by atoms with Gasteiger partial charge in [0.15, 0.2) is 0 Å². The summed E-state index contributed by atoms with van der Waals surface area (Å²) in [5.74, 6) is 0.755. The zero-order valence-electron chi connectivity index (χ0n) is 15.4. The van der Waals surface area contributed by atoms with Gasteiger partial charge < -0.3 is 14.5 Å². The number of piperidine rings is 1. The number of hydrogen-bond donors (Lipinski definition) is 0. The maximum atomic E-state index is 13.7. The first-order chi connectivity index (χ1) is 12.2. The highest BCUT2D eigenvalue weighted by Gasteiger charge is 2.55. The number of rotatable bonds is 4. The van der Waals surface area contributed by atoms with Crippen molar-refractivity contribution in [3.05, 3.63) is 30.1 Å². The van der Waals surface area contributed by atoms with Crippen molar-refractivity contribution in [1.29, 1.82) is 0 Å². The minimum Gasteiger partial charge on any atom is -0.377 e. The second-order valence-electron chi connectivity index (χ2n) is 8.22. The van der Waals surface area contributed by atoms with Gasteiger partial charge in [-0.3, -0.25) is 0 Å². The van der Waals surface area contributed by atoms with Gasteiger partial charge in [-0.1, -0.05) is 25.3 Å². The van der Waals surface area contributed by atoms with Crippen LogP contribution in [0.3, 0.4) is 0 Å². The molecule has 4 heteroatoms. The summed E-state index contributed by atoms with van der Waals surface area (Å²) < 4.78 is 19.5. The number of nitrogens with zero attached hydrogens (tertiary/aromatic N) is 2. The van der Waals surface area contributed by atoms with Crippen LogP contribution in [0, 0.1) is 11.7 Å². The van der Waals surface area contributed by atoms with Crippen molar-refractivity contribution in [1.82, 2.24) is 4.90 Å². The smallest absolute Gasteiger partial charge is 0.125 e. The first kappa shape index (κ1) is 17.3. The molecule has 4 rings (SSSR count). The lowest BCUT2D eigenvalue weighted by Gasteiger charge is -2.62. The van der Waals surface area contributed by atoms with Gasteiger partial charge in [0.1, 0.15) is 5.82 Å². The number of methoxy groups -OCH3 is 1. The van der Waals surface area contributed by atoms with Crippen LogP contribution in [0.2, 0.25) is 0 Å². The highest BCUT2D eigenvalue weighted by Crippen LogP contribution is 2.45. The minimum absolute atomic E-state index is 0.0611. The Balaban J connectivity index is 1.41. The average molecular weight is 346 g/mol. The SMILES string of the molecule is COC1CN(c2cccc(F)c2)C12CCN(CC1CCCCC1)CC2. The molecule has 2 aliphatic heterocycles. The van der Waals surface area contributed by atoms with Crippen LogP contribution in [-0.2, 0) is 4.74 Å². The fourth-order valence-corrected chi connectivity index (χ4v) is 5.33. The molecule has 1 saturated carbocycles. The number of ether oxygens (including phenoxy) is 1. The van der Waals surface area contributed by atoms with Crippen molar-refractivity contribution in [2.24, 2.45) is 5.92 Å². The van der Waals surface area contributed by atoms with Crippen molar-refractivity contribution in [3.63, 3.8) is 0 Å². The second-order valence-corrected chi connectivity index (χ2v) is 8.22. The lowest BCUT2D eigenvalue weighted by Crippen LogP contribution is -2.74. The lowest BCUT2D eigenvalue weighted by molar-refractivity contribution is -0.0482. The van der Waals surface area contributed by atoms with Crippen LogP contribution >= 0.6 is 0 Å². The number of hydrogen-bond acceptors (Lipinski definition) is 3. The molecule has 1 aliphatic carbocycles. The van der Waals surface area contributed by atoms with Gasteiger partial charge in [-0.25, -0.2) is 4.39 Å². The van der Waals surface area contributed by atoms with Crippen LogP contribution in [0.5, 0.6) is 0 Å². The third-order valence-electron chi connectivity index (χ3n) is 6.85. The average Bonchev–Trinajstić information content (AvgIpc) is 2.63. The fraction of sp³-hybridized carbons (Fsp3) is 0.714. The predicted molar refractivity (Wildman–Crippen MR) is 99.5 cm³/mol. The maximum absolute atomic E-state index is 13.7. The molecule has 1 unspecified atom stereocenters. The summed E-state index contributed by atoms with van der Waals surface area (Å²) in [7, 11) is 1.82. The largest absolute Gasteiger partial charge is 0.377 e. The molecular weight excluding hydrogens is 315 g/mol. The number of anilines is 1. The van der Waals surface area contributed by atoms with E-state index < -0.39 is 0 Å². The molecule has 3 fully saturated rings. The first-order valence-corrected chi connectivity index (χ1v) is 10.00. The van der Waals surface area contributed by atoms with E-state index >= 15 is 0 Å². The predicted octanol–water partition coefficient (Wildman–Crippen LogP) is 4.08. The van der Waals surface area contributed by atoms with Crippen LogP contribution in [0.1, 0.15) is 44.9 Å². The molecule has 1 aromatic rings. The van der Waals surface area contributed by atoms with Crippen LogP contribution in [0.15, 0.2) is 24.3 Å². The zero-order valence-corrected chi connectivity index (χ0v) is 15.4. The van der Waals surface area contributed by atoms with Crippen molar-refractivity contribution in [3.8, 4) is 0 Å². The molecule has 0 radical (unpaired) electrons. The van der Waals surface area contributed by atoms with Crippen LogP contribution in [0.25, 0.3) is 0 Å². The monoisotopic (exact) mass is 346 g/mol. The summed E-state index contributed by atoms with van der Waals surface area (Å²) in [6.07, 6.45) is 9.60. The van der Waals surface area contributed by atoms with Gasteiger partial charge in [-0.15, -0.1) is 0 Å². The molecule has 2 saturated heterocycles. The molecule has 138 valence electrons. The van der Waals surface area contributed by atoms with Gasteiger partial charge in [-0.2, -0.15) is 0 Å². The summed E-state index contributed by atoms with van der Waals surface area (Å²) in [5.41, 5.74) is 1.07. The third kappa shape index (κ3) is 3.31. The molecule has 25 heavy (non-hydrogen) atoms. The summed E-state index contributed by atoms with van der Waals surface area (Å²) in [6, 6.07) is 7.04. The highest BCUT2D eigenvalue weighted by atomic mass is 19.1. The van der Waals surface area contributed by atoms with Crippen LogP contribution in [-0.4, -0.2) is 49.8 Å². The van der Waals surface area contributed by atoms with Crippen molar-refractivity contribution in [2.45, 2.75) is 56.6 Å². The summed E-state index contributed by atoms with van der Waals surface area (Å²) in [4.78, 5) is 5.05. The normalized spacial score (nSPS) is 27.4. The second kappa shape index (κ2) is 7.24. The van der Waals surface area contributed by atoms with Crippen molar-refractivity contribution in [2.75, 3.05) is 38.2 Å². The first-order valence-electron chi connectivity index (χ1n) is 10.00. The van der Waals surface area contributed by atoms with E-state index in [0.717, 1.165) is 44.1 Å². The van der Waals surface area contributed by atoms with Gasteiger partial charge in [0.25, 0.3) is 0 Å². The van der Waals surface area contributed by atoms with Crippen molar-refractivity contribution < 1.29 is 9.13 Å². The Hall–Kier alpha value is -1.13. The standard InChI is InChI=1S/C21H31FN2O/c1-25-20-16-24(19-9-5-8-18(22)14-19)21(20)10-12-23(13-11-21)15-17-6-3-2-4-7-17/h5,8-9,14,17,20H,2-4,6-7,10-13,15-16H2,1H3. The molecule has 0 amide bonds. The fourth-order valence-electron chi connectivity index (χ4n) is 5.33. The number of likely N-dealkylation sites (tertiary alicyclic amines) is 1. The molecule has 1 spiro atoms. The van der Waals surface area contributed by atoms with E-state index in [0.29, 0.717) is 0 Å². The van der Waals surface area contributed by atoms with E-state index in [1.165, 1.54) is 44.7 Å². The Morgan fingerprint density at radius 3 is 2.60 bits per heavy atom. The summed E-state index contributed by atoms with van der Waals surface area (Å²) in [5, 5.41) is 0. The summed E-state index contributed by atoms with van der Waals surface area (Å²) >= 11 is 0. The van der Waals surface area contributed by atoms with Gasteiger partial charge in [0.05, 0.1) is 11.6 Å². The van der Waals surface area contributed by atoms with E-state index in [-0.39, 0.29) is 17.5 Å². The van der Waals surface area contributed by atoms with Crippen LogP contribution < -0.4 is 4.90 Å². The third-order valence-corrected chi connectivity index (χ3v) is 6.85. The van der Waals surface area contributed by atoms with Gasteiger partial charge in [0, 0.05) is 39.0 Å². The Kier molecular flexibility index (Phi) is 5.01. The molecule has 0 N–H and O–H groups in total. The molecule has 3 aliphatic rings. The number of halogens is 1.